The Morgan fingerprint density at radius 2 is 1.84 bits per heavy atom. The van der Waals surface area contributed by atoms with E-state index < -0.39 is 0 Å². The second kappa shape index (κ2) is 7.46. The van der Waals surface area contributed by atoms with Crippen molar-refractivity contribution in [3.63, 3.8) is 0 Å². The zero-order valence-electron chi connectivity index (χ0n) is 14.3. The molecule has 0 unspecified atom stereocenters. The van der Waals surface area contributed by atoms with Gasteiger partial charge in [-0.05, 0) is 62.2 Å². The van der Waals surface area contributed by atoms with E-state index in [1.807, 2.05) is 19.1 Å². The van der Waals surface area contributed by atoms with Crippen LogP contribution < -0.4 is 5.32 Å². The van der Waals surface area contributed by atoms with Gasteiger partial charge in [-0.3, -0.25) is 4.79 Å². The third-order valence-corrected chi connectivity index (χ3v) is 5.27. The number of hydrogen-bond donors (Lipinski definition) is 1. The second-order valence-corrected chi connectivity index (χ2v) is 7.80. The highest BCUT2D eigenvalue weighted by atomic mass is 35.5. The summed E-state index contributed by atoms with van der Waals surface area (Å²) in [4.78, 5) is 17.2. The van der Waals surface area contributed by atoms with Gasteiger partial charge in [0.1, 0.15) is 0 Å². The molecule has 3 nitrogen and oxygen atoms in total. The van der Waals surface area contributed by atoms with Crippen molar-refractivity contribution in [2.45, 2.75) is 31.0 Å². The normalized spacial score (nSPS) is 12.2. The highest BCUT2D eigenvalue weighted by Gasteiger charge is 2.16. The fourth-order valence-corrected chi connectivity index (χ4v) is 3.65. The molecule has 128 valence electrons. The van der Waals surface area contributed by atoms with Crippen molar-refractivity contribution >= 4 is 45.9 Å². The summed E-state index contributed by atoms with van der Waals surface area (Å²) in [5, 5.41) is 5.31. The van der Waals surface area contributed by atoms with Crippen LogP contribution in [0.3, 0.4) is 0 Å². The molecule has 1 amide bonds. The number of para-hydroxylation sites is 1. The van der Waals surface area contributed by atoms with Gasteiger partial charge in [-0.2, -0.15) is 0 Å². The molecule has 1 heterocycles. The lowest BCUT2D eigenvalue weighted by Crippen LogP contribution is -2.22. The Morgan fingerprint density at radius 1 is 1.12 bits per heavy atom. The molecular formula is C20H19ClN2OS. The average Bonchev–Trinajstić information content (AvgIpc) is 2.58. The Hall–Kier alpha value is -2.04. The van der Waals surface area contributed by atoms with Crippen LogP contribution in [-0.2, 0) is 4.79 Å². The Balaban J connectivity index is 1.77. The molecule has 0 aliphatic rings. The predicted molar refractivity (Wildman–Crippen MR) is 107 cm³/mol. The zero-order chi connectivity index (χ0) is 18.0. The molecule has 0 aliphatic heterocycles. The summed E-state index contributed by atoms with van der Waals surface area (Å²) in [6.07, 6.45) is 0. The van der Waals surface area contributed by atoms with Crippen molar-refractivity contribution in [1.82, 2.24) is 4.98 Å². The number of fused-ring (bicyclic) bond motifs is 1. The summed E-state index contributed by atoms with van der Waals surface area (Å²) in [6.45, 7) is 6.01. The van der Waals surface area contributed by atoms with E-state index in [-0.39, 0.29) is 11.2 Å². The number of hydrogen-bond acceptors (Lipinski definition) is 3. The molecule has 1 aromatic heterocycles. The minimum atomic E-state index is -0.260. The first-order valence-corrected chi connectivity index (χ1v) is 9.30. The maximum atomic E-state index is 12.4. The minimum absolute atomic E-state index is 0.0587. The fraction of sp³-hybridized carbons (Fsp3) is 0.200. The summed E-state index contributed by atoms with van der Waals surface area (Å²) in [5.74, 6) is -0.0587. The molecule has 0 radical (unpaired) electrons. The molecule has 3 aromatic rings. The van der Waals surface area contributed by atoms with Crippen molar-refractivity contribution in [3.05, 3.63) is 64.7 Å². The second-order valence-electron chi connectivity index (χ2n) is 6.00. The monoisotopic (exact) mass is 370 g/mol. The predicted octanol–water partition coefficient (Wildman–Crippen LogP) is 5.62. The van der Waals surface area contributed by atoms with Gasteiger partial charge >= 0.3 is 0 Å². The van der Waals surface area contributed by atoms with Gasteiger partial charge in [-0.1, -0.05) is 41.6 Å². The molecule has 0 bridgehead atoms. The number of carbonyl (C=O) groups is 1. The van der Waals surface area contributed by atoms with Gasteiger partial charge in [-0.15, -0.1) is 0 Å². The number of rotatable bonds is 4. The van der Waals surface area contributed by atoms with Gasteiger partial charge in [0.2, 0.25) is 5.91 Å². The van der Waals surface area contributed by atoms with Crippen LogP contribution in [0.4, 0.5) is 5.69 Å². The summed E-state index contributed by atoms with van der Waals surface area (Å²) in [5.41, 5.74) is 4.04. The lowest BCUT2D eigenvalue weighted by Gasteiger charge is -2.13. The first-order valence-electron chi connectivity index (χ1n) is 8.04. The first-order chi connectivity index (χ1) is 11.9. The van der Waals surface area contributed by atoms with Crippen LogP contribution in [0.25, 0.3) is 10.9 Å². The van der Waals surface area contributed by atoms with Gasteiger partial charge in [0.25, 0.3) is 0 Å². The number of amides is 1. The number of halogens is 1. The number of nitrogens with zero attached hydrogens (tertiary/aromatic N) is 1. The van der Waals surface area contributed by atoms with E-state index in [0.29, 0.717) is 5.02 Å². The van der Waals surface area contributed by atoms with Crippen LogP contribution in [0.2, 0.25) is 5.02 Å². The molecule has 0 saturated heterocycles. The van der Waals surface area contributed by atoms with Crippen molar-refractivity contribution in [3.8, 4) is 0 Å². The van der Waals surface area contributed by atoms with Crippen molar-refractivity contribution in [2.75, 3.05) is 5.32 Å². The molecule has 0 aliphatic carbocycles. The summed E-state index contributed by atoms with van der Waals surface area (Å²) >= 11 is 7.33. The first kappa shape index (κ1) is 17.8. The maximum absolute atomic E-state index is 12.4. The molecule has 2 aromatic carbocycles. The Bertz CT molecular complexity index is 925. The molecule has 0 spiro atoms. The van der Waals surface area contributed by atoms with Crippen molar-refractivity contribution in [2.24, 2.45) is 0 Å². The van der Waals surface area contributed by atoms with E-state index in [2.05, 4.69) is 31.3 Å². The number of anilines is 1. The SMILES string of the molecule is Cc1cc(S[C@H](C)C(=O)Nc2ccc(Cl)cc2)nc2c(C)cccc12. The zero-order valence-corrected chi connectivity index (χ0v) is 15.9. The topological polar surface area (TPSA) is 42.0 Å². The van der Waals surface area contributed by atoms with Gasteiger partial charge in [0, 0.05) is 16.1 Å². The van der Waals surface area contributed by atoms with Crippen LogP contribution in [0.5, 0.6) is 0 Å². The molecule has 1 N–H and O–H groups in total. The van der Waals surface area contributed by atoms with Crippen LogP contribution in [0.1, 0.15) is 18.1 Å². The Kier molecular flexibility index (Phi) is 5.30. The van der Waals surface area contributed by atoms with Gasteiger partial charge < -0.3 is 5.32 Å². The molecule has 3 rings (SSSR count). The van der Waals surface area contributed by atoms with Crippen LogP contribution in [0.15, 0.2) is 53.6 Å². The largest absolute Gasteiger partial charge is 0.325 e. The smallest absolute Gasteiger partial charge is 0.237 e. The fourth-order valence-electron chi connectivity index (χ4n) is 2.60. The van der Waals surface area contributed by atoms with E-state index in [1.54, 1.807) is 24.3 Å². The highest BCUT2D eigenvalue weighted by molar-refractivity contribution is 8.00. The van der Waals surface area contributed by atoms with E-state index in [9.17, 15) is 4.79 Å². The summed E-state index contributed by atoms with van der Waals surface area (Å²) < 4.78 is 0. The number of aromatic nitrogens is 1. The highest BCUT2D eigenvalue weighted by Crippen LogP contribution is 2.28. The number of aryl methyl sites for hydroxylation is 2. The number of nitrogens with one attached hydrogen (secondary N) is 1. The van der Waals surface area contributed by atoms with E-state index in [0.717, 1.165) is 27.2 Å². The number of benzene rings is 2. The quantitative estimate of drug-likeness (QED) is 0.605. The lowest BCUT2D eigenvalue weighted by atomic mass is 10.1. The molecule has 5 heteroatoms. The van der Waals surface area contributed by atoms with Crippen LogP contribution in [-0.4, -0.2) is 16.1 Å². The Morgan fingerprint density at radius 3 is 2.56 bits per heavy atom. The van der Waals surface area contributed by atoms with Crippen LogP contribution in [0, 0.1) is 13.8 Å². The Labute approximate surface area is 156 Å². The van der Waals surface area contributed by atoms with Crippen LogP contribution >= 0.6 is 23.4 Å². The third kappa shape index (κ3) is 4.14. The molecule has 0 fully saturated rings. The van der Waals surface area contributed by atoms with E-state index in [1.165, 1.54) is 17.3 Å². The average molecular weight is 371 g/mol. The standard InChI is InChI=1S/C20H19ClN2OS/c1-12-5-4-6-17-13(2)11-18(23-19(12)17)25-14(3)20(24)22-16-9-7-15(21)8-10-16/h4-11,14H,1-3H3,(H,22,24)/t14-/m1/s1. The van der Waals surface area contributed by atoms with E-state index in [4.69, 9.17) is 16.6 Å². The van der Waals surface area contributed by atoms with Crippen molar-refractivity contribution in [1.29, 1.82) is 0 Å². The lowest BCUT2D eigenvalue weighted by molar-refractivity contribution is -0.115. The van der Waals surface area contributed by atoms with Gasteiger partial charge in [-0.25, -0.2) is 4.98 Å². The number of carbonyl (C=O) groups excluding carboxylic acids is 1. The van der Waals surface area contributed by atoms with Crippen molar-refractivity contribution < 1.29 is 4.79 Å². The summed E-state index contributed by atoms with van der Waals surface area (Å²) in [7, 11) is 0. The summed E-state index contributed by atoms with van der Waals surface area (Å²) in [6, 6.07) is 15.3. The molecule has 0 saturated carbocycles. The number of thioether (sulfide) groups is 1. The minimum Gasteiger partial charge on any atom is -0.325 e. The molecule has 1 atom stereocenters. The molecule has 25 heavy (non-hydrogen) atoms. The molecular weight excluding hydrogens is 352 g/mol. The van der Waals surface area contributed by atoms with Gasteiger partial charge in [0.15, 0.2) is 0 Å². The van der Waals surface area contributed by atoms with Gasteiger partial charge in [0.05, 0.1) is 15.8 Å². The third-order valence-electron chi connectivity index (χ3n) is 4.00. The number of pyridine rings is 1. The maximum Gasteiger partial charge on any atom is 0.237 e. The van der Waals surface area contributed by atoms with E-state index >= 15 is 0 Å².